The third-order valence-corrected chi connectivity index (χ3v) is 3.10. The third kappa shape index (κ3) is 1.19. The first kappa shape index (κ1) is 9.45. The van der Waals surface area contributed by atoms with Crippen molar-refractivity contribution in [1.29, 1.82) is 0 Å². The molecule has 1 aromatic carbocycles. The number of hydrogen-bond acceptors (Lipinski definition) is 1. The Morgan fingerprint density at radius 3 is 2.50 bits per heavy atom. The normalized spacial score (nSPS) is 18.4. The van der Waals surface area contributed by atoms with Gasteiger partial charge in [-0.15, -0.1) is 0 Å². The van der Waals surface area contributed by atoms with Crippen molar-refractivity contribution in [2.24, 2.45) is 5.41 Å². The summed E-state index contributed by atoms with van der Waals surface area (Å²) >= 11 is 0. The second-order valence-electron chi connectivity index (χ2n) is 5.00. The fourth-order valence-corrected chi connectivity index (χ4v) is 2.32. The Hall–Kier alpha value is -1.11. The molecule has 0 heterocycles. The second-order valence-corrected chi connectivity index (χ2v) is 5.00. The van der Waals surface area contributed by atoms with Gasteiger partial charge in [-0.1, -0.05) is 25.5 Å². The highest BCUT2D eigenvalue weighted by molar-refractivity contribution is 6.04. The average Bonchev–Trinajstić information content (AvgIpc) is 2.28. The monoisotopic (exact) mass is 188 g/mol. The number of ketones is 1. The van der Waals surface area contributed by atoms with Gasteiger partial charge in [-0.2, -0.15) is 0 Å². The largest absolute Gasteiger partial charge is 0.294 e. The highest BCUT2D eigenvalue weighted by Crippen LogP contribution is 2.38. The number of benzene rings is 1. The summed E-state index contributed by atoms with van der Waals surface area (Å²) in [5.74, 6) is 0.305. The molecule has 0 N–H and O–H groups in total. The van der Waals surface area contributed by atoms with E-state index in [1.807, 2.05) is 26.8 Å². The van der Waals surface area contributed by atoms with E-state index in [1.54, 1.807) is 0 Å². The molecule has 0 aromatic heterocycles. The summed E-state index contributed by atoms with van der Waals surface area (Å²) in [6.45, 7) is 8.21. The van der Waals surface area contributed by atoms with Crippen LogP contribution in [-0.4, -0.2) is 5.78 Å². The number of aryl methyl sites for hydroxylation is 2. The minimum Gasteiger partial charge on any atom is -0.294 e. The standard InChI is InChI=1S/C13H16O/c1-8-5-9(2)11-7-13(3,4)12(14)10(11)6-8/h5-6H,7H2,1-4H3. The van der Waals surface area contributed by atoms with Gasteiger partial charge in [0.1, 0.15) is 0 Å². The maximum atomic E-state index is 12.0. The molecule has 0 fully saturated rings. The van der Waals surface area contributed by atoms with Crippen LogP contribution < -0.4 is 0 Å². The van der Waals surface area contributed by atoms with Gasteiger partial charge in [0.25, 0.3) is 0 Å². The molecule has 74 valence electrons. The smallest absolute Gasteiger partial charge is 0.169 e. The molecule has 1 aliphatic carbocycles. The van der Waals surface area contributed by atoms with Crippen LogP contribution in [0.3, 0.4) is 0 Å². The van der Waals surface area contributed by atoms with Crippen LogP contribution in [-0.2, 0) is 6.42 Å². The van der Waals surface area contributed by atoms with Crippen LogP contribution >= 0.6 is 0 Å². The molecular formula is C13H16O. The Balaban J connectivity index is 2.65. The van der Waals surface area contributed by atoms with Crippen molar-refractivity contribution in [1.82, 2.24) is 0 Å². The van der Waals surface area contributed by atoms with E-state index in [4.69, 9.17) is 0 Å². The number of carbonyl (C=O) groups excluding carboxylic acids is 1. The van der Waals surface area contributed by atoms with Crippen molar-refractivity contribution < 1.29 is 4.79 Å². The summed E-state index contributed by atoms with van der Waals surface area (Å²) in [5, 5.41) is 0. The molecule has 0 saturated heterocycles. The first-order chi connectivity index (χ1) is 6.42. The van der Waals surface area contributed by atoms with Crippen LogP contribution in [0, 0.1) is 19.3 Å². The summed E-state index contributed by atoms with van der Waals surface area (Å²) < 4.78 is 0. The van der Waals surface area contributed by atoms with Crippen molar-refractivity contribution in [3.05, 3.63) is 34.4 Å². The fourth-order valence-electron chi connectivity index (χ4n) is 2.32. The molecule has 0 spiro atoms. The van der Waals surface area contributed by atoms with E-state index in [-0.39, 0.29) is 5.41 Å². The topological polar surface area (TPSA) is 17.1 Å². The second kappa shape index (κ2) is 2.69. The minimum atomic E-state index is -0.194. The van der Waals surface area contributed by atoms with Gasteiger partial charge in [-0.3, -0.25) is 4.79 Å². The molecule has 0 atom stereocenters. The quantitative estimate of drug-likeness (QED) is 0.611. The van der Waals surface area contributed by atoms with Gasteiger partial charge in [0.2, 0.25) is 0 Å². The Kier molecular flexibility index (Phi) is 1.82. The summed E-state index contributed by atoms with van der Waals surface area (Å²) in [6.07, 6.45) is 0.896. The predicted octanol–water partition coefficient (Wildman–Crippen LogP) is 3.07. The number of hydrogen-bond donors (Lipinski definition) is 0. The van der Waals surface area contributed by atoms with Crippen LogP contribution in [0.25, 0.3) is 0 Å². The van der Waals surface area contributed by atoms with E-state index in [0.717, 1.165) is 12.0 Å². The van der Waals surface area contributed by atoms with Gasteiger partial charge < -0.3 is 0 Å². The highest BCUT2D eigenvalue weighted by Gasteiger charge is 2.38. The van der Waals surface area contributed by atoms with Gasteiger partial charge in [0.05, 0.1) is 0 Å². The van der Waals surface area contributed by atoms with Gasteiger partial charge in [0, 0.05) is 11.0 Å². The minimum absolute atomic E-state index is 0.194. The molecule has 1 nitrogen and oxygen atoms in total. The van der Waals surface area contributed by atoms with E-state index >= 15 is 0 Å². The van der Waals surface area contributed by atoms with Crippen molar-refractivity contribution in [3.8, 4) is 0 Å². The number of Topliss-reactive ketones (excluding diaryl/α,β-unsaturated/α-hetero) is 1. The zero-order chi connectivity index (χ0) is 10.5. The first-order valence-electron chi connectivity index (χ1n) is 5.07. The first-order valence-corrected chi connectivity index (χ1v) is 5.07. The molecule has 0 saturated carbocycles. The molecule has 0 radical (unpaired) electrons. The molecular weight excluding hydrogens is 172 g/mol. The van der Waals surface area contributed by atoms with Gasteiger partial charge >= 0.3 is 0 Å². The van der Waals surface area contributed by atoms with Crippen LogP contribution in [0.1, 0.15) is 40.9 Å². The number of carbonyl (C=O) groups is 1. The predicted molar refractivity (Wildman–Crippen MR) is 57.7 cm³/mol. The summed E-state index contributed by atoms with van der Waals surface area (Å²) in [7, 11) is 0. The maximum absolute atomic E-state index is 12.0. The molecule has 1 heteroatoms. The SMILES string of the molecule is Cc1cc(C)c2c(c1)C(=O)C(C)(C)C2. The average molecular weight is 188 g/mol. The van der Waals surface area contributed by atoms with Crippen molar-refractivity contribution in [2.75, 3.05) is 0 Å². The Morgan fingerprint density at radius 1 is 1.21 bits per heavy atom. The number of rotatable bonds is 0. The van der Waals surface area contributed by atoms with Gasteiger partial charge in [-0.25, -0.2) is 0 Å². The van der Waals surface area contributed by atoms with E-state index in [1.165, 1.54) is 16.7 Å². The zero-order valence-corrected chi connectivity index (χ0v) is 9.27. The molecule has 0 amide bonds. The van der Waals surface area contributed by atoms with Gasteiger partial charge in [-0.05, 0) is 37.5 Å². The van der Waals surface area contributed by atoms with Crippen LogP contribution in [0.4, 0.5) is 0 Å². The summed E-state index contributed by atoms with van der Waals surface area (Å²) in [4.78, 5) is 12.0. The highest BCUT2D eigenvalue weighted by atomic mass is 16.1. The molecule has 2 rings (SSSR count). The zero-order valence-electron chi connectivity index (χ0n) is 9.27. The maximum Gasteiger partial charge on any atom is 0.169 e. The van der Waals surface area contributed by atoms with Gasteiger partial charge in [0.15, 0.2) is 5.78 Å². The molecule has 0 aliphatic heterocycles. The summed E-state index contributed by atoms with van der Waals surface area (Å²) in [6, 6.07) is 4.19. The lowest BCUT2D eigenvalue weighted by Crippen LogP contribution is -2.18. The number of fused-ring (bicyclic) bond motifs is 1. The van der Waals surface area contributed by atoms with Crippen LogP contribution in [0.2, 0.25) is 0 Å². The van der Waals surface area contributed by atoms with E-state index in [2.05, 4.69) is 13.0 Å². The molecule has 1 aliphatic rings. The summed E-state index contributed by atoms with van der Waals surface area (Å²) in [5.41, 5.74) is 4.46. The Labute approximate surface area is 85.1 Å². The molecule has 0 bridgehead atoms. The lowest BCUT2D eigenvalue weighted by Gasteiger charge is -2.13. The molecule has 0 unspecified atom stereocenters. The fraction of sp³-hybridized carbons (Fsp3) is 0.462. The molecule has 14 heavy (non-hydrogen) atoms. The van der Waals surface area contributed by atoms with Crippen LogP contribution in [0.5, 0.6) is 0 Å². The lowest BCUT2D eigenvalue weighted by molar-refractivity contribution is 0.0863. The Morgan fingerprint density at radius 2 is 1.86 bits per heavy atom. The van der Waals surface area contributed by atoms with E-state index in [9.17, 15) is 4.79 Å². The van der Waals surface area contributed by atoms with Crippen molar-refractivity contribution >= 4 is 5.78 Å². The third-order valence-electron chi connectivity index (χ3n) is 3.10. The van der Waals surface area contributed by atoms with Crippen molar-refractivity contribution in [2.45, 2.75) is 34.1 Å². The van der Waals surface area contributed by atoms with E-state index < -0.39 is 0 Å². The van der Waals surface area contributed by atoms with E-state index in [0.29, 0.717) is 5.78 Å². The Bertz CT molecular complexity index is 413. The van der Waals surface area contributed by atoms with Crippen molar-refractivity contribution in [3.63, 3.8) is 0 Å². The molecule has 1 aromatic rings. The lowest BCUT2D eigenvalue weighted by atomic mass is 9.89. The van der Waals surface area contributed by atoms with Crippen LogP contribution in [0.15, 0.2) is 12.1 Å².